The lowest BCUT2D eigenvalue weighted by molar-refractivity contribution is 0.137. The Kier molecular flexibility index (Phi) is 1.62. The van der Waals surface area contributed by atoms with Crippen LogP contribution in [0.15, 0.2) is 18.5 Å². The zero-order valence-corrected chi connectivity index (χ0v) is 6.23. The van der Waals surface area contributed by atoms with Gasteiger partial charge in [-0.1, -0.05) is 0 Å². The third kappa shape index (κ3) is 1.20. The lowest BCUT2D eigenvalue weighted by Gasteiger charge is -2.03. The fraction of sp³-hybridized carbons (Fsp3) is 0.286. The highest BCUT2D eigenvalue weighted by Gasteiger charge is 2.25. The van der Waals surface area contributed by atoms with E-state index in [1.807, 2.05) is 0 Å². The number of nitrogens with zero attached hydrogens (tertiary/aromatic N) is 2. The molecule has 0 bridgehead atoms. The minimum atomic E-state index is -0.410. The van der Waals surface area contributed by atoms with Crippen molar-refractivity contribution >= 4 is 6.09 Å². The Hall–Kier alpha value is -1.65. The van der Waals surface area contributed by atoms with Gasteiger partial charge in [-0.15, -0.1) is 0 Å². The first-order chi connectivity index (χ1) is 5.86. The normalized spacial score (nSPS) is 21.7. The molecule has 1 N–H and O–H groups in total. The first-order valence-corrected chi connectivity index (χ1v) is 3.57. The number of nitrogens with one attached hydrogen (secondary N) is 1. The van der Waals surface area contributed by atoms with Crippen LogP contribution in [-0.2, 0) is 4.74 Å². The Morgan fingerprint density at radius 2 is 2.25 bits per heavy atom. The van der Waals surface area contributed by atoms with Gasteiger partial charge in [0.1, 0.15) is 0 Å². The third-order valence-corrected chi connectivity index (χ3v) is 1.55. The molecule has 0 aliphatic carbocycles. The van der Waals surface area contributed by atoms with E-state index < -0.39 is 6.09 Å². The van der Waals surface area contributed by atoms with E-state index in [0.29, 0.717) is 12.4 Å². The van der Waals surface area contributed by atoms with Gasteiger partial charge < -0.3 is 10.1 Å². The van der Waals surface area contributed by atoms with Crippen molar-refractivity contribution in [2.75, 3.05) is 6.54 Å². The highest BCUT2D eigenvalue weighted by molar-refractivity contribution is 5.69. The number of hydrogen-bond acceptors (Lipinski definition) is 4. The van der Waals surface area contributed by atoms with Crippen molar-refractivity contribution in [1.82, 2.24) is 15.3 Å². The lowest BCUT2D eigenvalue weighted by atomic mass is 10.3. The van der Waals surface area contributed by atoms with Gasteiger partial charge in [0.05, 0.1) is 6.54 Å². The molecule has 5 heteroatoms. The molecule has 0 saturated carbocycles. The number of rotatable bonds is 1. The number of carbonyl (C=O) groups excluding carboxylic acids is 1. The van der Waals surface area contributed by atoms with Crippen LogP contribution in [0, 0.1) is 0 Å². The third-order valence-electron chi connectivity index (χ3n) is 1.55. The Morgan fingerprint density at radius 1 is 1.50 bits per heavy atom. The maximum atomic E-state index is 10.6. The summed E-state index contributed by atoms with van der Waals surface area (Å²) < 4.78 is 4.87. The molecule has 0 radical (unpaired) electrons. The molecule has 5 nitrogen and oxygen atoms in total. The summed E-state index contributed by atoms with van der Waals surface area (Å²) in [5.41, 5.74) is 0. The predicted molar refractivity (Wildman–Crippen MR) is 39.3 cm³/mol. The van der Waals surface area contributed by atoms with E-state index in [1.165, 1.54) is 0 Å². The zero-order valence-electron chi connectivity index (χ0n) is 6.23. The lowest BCUT2D eigenvalue weighted by Crippen LogP contribution is -2.12. The summed E-state index contributed by atoms with van der Waals surface area (Å²) in [5.74, 6) is 0.538. The van der Waals surface area contributed by atoms with Crippen molar-refractivity contribution in [3.05, 3.63) is 24.3 Å². The Morgan fingerprint density at radius 3 is 2.83 bits per heavy atom. The molecule has 0 aromatic carbocycles. The fourth-order valence-electron chi connectivity index (χ4n) is 1.01. The highest BCUT2D eigenvalue weighted by Crippen LogP contribution is 2.15. The molecule has 1 atom stereocenters. The van der Waals surface area contributed by atoms with E-state index in [9.17, 15) is 4.79 Å². The maximum absolute atomic E-state index is 10.6. The summed E-state index contributed by atoms with van der Waals surface area (Å²) >= 11 is 0. The number of hydrogen-bond donors (Lipinski definition) is 1. The van der Waals surface area contributed by atoms with Crippen LogP contribution in [0.3, 0.4) is 0 Å². The number of alkyl carbamates (subject to hydrolysis) is 1. The van der Waals surface area contributed by atoms with Gasteiger partial charge in [-0.2, -0.15) is 0 Å². The molecular formula is C7H7N3O2. The van der Waals surface area contributed by atoms with E-state index in [4.69, 9.17) is 4.74 Å². The summed E-state index contributed by atoms with van der Waals surface area (Å²) in [7, 11) is 0. The predicted octanol–water partition coefficient (Wildman–Crippen LogP) is 0.258. The number of aromatic nitrogens is 2. The van der Waals surface area contributed by atoms with E-state index in [2.05, 4.69) is 15.3 Å². The van der Waals surface area contributed by atoms with Gasteiger partial charge >= 0.3 is 6.09 Å². The largest absolute Gasteiger partial charge is 0.436 e. The van der Waals surface area contributed by atoms with Crippen LogP contribution in [0.25, 0.3) is 0 Å². The van der Waals surface area contributed by atoms with Gasteiger partial charge in [0.25, 0.3) is 0 Å². The average Bonchev–Trinajstić information content (AvgIpc) is 2.54. The molecule has 2 rings (SSSR count). The Labute approximate surface area is 68.8 Å². The molecule has 1 unspecified atom stereocenters. The summed E-state index contributed by atoms with van der Waals surface area (Å²) in [6, 6.07) is 1.72. The second-order valence-corrected chi connectivity index (χ2v) is 2.38. The van der Waals surface area contributed by atoms with Gasteiger partial charge in [-0.05, 0) is 6.07 Å². The quantitative estimate of drug-likeness (QED) is 0.648. The van der Waals surface area contributed by atoms with E-state index in [1.54, 1.807) is 18.5 Å². The molecule has 1 amide bonds. The molecule has 12 heavy (non-hydrogen) atoms. The minimum absolute atomic E-state index is 0.335. The van der Waals surface area contributed by atoms with Gasteiger partial charge in [0.2, 0.25) is 0 Å². The highest BCUT2D eigenvalue weighted by atomic mass is 16.6. The van der Waals surface area contributed by atoms with Crippen molar-refractivity contribution in [2.24, 2.45) is 0 Å². The molecular weight excluding hydrogens is 158 g/mol. The minimum Gasteiger partial charge on any atom is -0.436 e. The second kappa shape index (κ2) is 2.77. The van der Waals surface area contributed by atoms with Crippen LogP contribution in [0.2, 0.25) is 0 Å². The molecule has 2 heterocycles. The SMILES string of the molecule is O=C1NCC(c2ncccn2)O1. The number of carbonyl (C=O) groups is 1. The smallest absolute Gasteiger partial charge is 0.408 e. The first-order valence-electron chi connectivity index (χ1n) is 3.57. The van der Waals surface area contributed by atoms with Crippen molar-refractivity contribution in [3.63, 3.8) is 0 Å². The topological polar surface area (TPSA) is 64.1 Å². The molecule has 0 spiro atoms. The van der Waals surface area contributed by atoms with Crippen molar-refractivity contribution in [2.45, 2.75) is 6.10 Å². The molecule has 1 aliphatic rings. The average molecular weight is 165 g/mol. The fourth-order valence-corrected chi connectivity index (χ4v) is 1.01. The standard InChI is InChI=1S/C7H7N3O2/c11-7-10-4-5(12-7)6-8-2-1-3-9-6/h1-3,5H,4H2,(H,10,11). The molecule has 1 fully saturated rings. The molecule has 1 aromatic heterocycles. The molecule has 1 aromatic rings. The second-order valence-electron chi connectivity index (χ2n) is 2.38. The number of cyclic esters (lactones) is 1. The summed E-state index contributed by atoms with van der Waals surface area (Å²) in [6.45, 7) is 0.447. The maximum Gasteiger partial charge on any atom is 0.408 e. The van der Waals surface area contributed by atoms with Crippen molar-refractivity contribution in [3.8, 4) is 0 Å². The Bertz CT molecular complexity index is 288. The van der Waals surface area contributed by atoms with E-state index in [0.717, 1.165) is 0 Å². The van der Waals surface area contributed by atoms with Crippen LogP contribution < -0.4 is 5.32 Å². The van der Waals surface area contributed by atoms with Gasteiger partial charge in [-0.25, -0.2) is 14.8 Å². The van der Waals surface area contributed by atoms with Gasteiger partial charge in [-0.3, -0.25) is 0 Å². The molecule has 62 valence electrons. The summed E-state index contributed by atoms with van der Waals surface area (Å²) in [4.78, 5) is 18.6. The molecule has 1 saturated heterocycles. The number of amides is 1. The van der Waals surface area contributed by atoms with Crippen molar-refractivity contribution < 1.29 is 9.53 Å². The van der Waals surface area contributed by atoms with Crippen LogP contribution in [0.4, 0.5) is 4.79 Å². The Balaban J connectivity index is 2.16. The van der Waals surface area contributed by atoms with Gasteiger partial charge in [0, 0.05) is 12.4 Å². The summed E-state index contributed by atoms with van der Waals surface area (Å²) in [5, 5.41) is 2.53. The first kappa shape index (κ1) is 7.02. The van der Waals surface area contributed by atoms with Crippen LogP contribution in [0.1, 0.15) is 11.9 Å². The van der Waals surface area contributed by atoms with Crippen molar-refractivity contribution in [1.29, 1.82) is 0 Å². The zero-order chi connectivity index (χ0) is 8.39. The number of ether oxygens (including phenoxy) is 1. The molecule has 1 aliphatic heterocycles. The van der Waals surface area contributed by atoms with Crippen LogP contribution in [-0.4, -0.2) is 22.6 Å². The van der Waals surface area contributed by atoms with Crippen LogP contribution >= 0.6 is 0 Å². The van der Waals surface area contributed by atoms with E-state index in [-0.39, 0.29) is 6.10 Å². The van der Waals surface area contributed by atoms with Crippen LogP contribution in [0.5, 0.6) is 0 Å². The van der Waals surface area contributed by atoms with E-state index >= 15 is 0 Å². The van der Waals surface area contributed by atoms with Gasteiger partial charge in [0.15, 0.2) is 11.9 Å². The summed E-state index contributed by atoms with van der Waals surface area (Å²) in [6.07, 6.45) is 2.49. The monoisotopic (exact) mass is 165 g/mol.